The molecule has 0 radical (unpaired) electrons. The van der Waals surface area contributed by atoms with Gasteiger partial charge in [-0.05, 0) is 36.4 Å². The van der Waals surface area contributed by atoms with Crippen molar-refractivity contribution in [1.29, 1.82) is 0 Å². The third-order valence-electron chi connectivity index (χ3n) is 4.69. The van der Waals surface area contributed by atoms with Gasteiger partial charge in [0.05, 0.1) is 0 Å². The molecule has 1 aliphatic rings. The number of H-pyrrole nitrogens is 1. The summed E-state index contributed by atoms with van der Waals surface area (Å²) < 4.78 is 13.3. The predicted octanol–water partition coefficient (Wildman–Crippen LogP) is 2.91. The van der Waals surface area contributed by atoms with Gasteiger partial charge in [0.1, 0.15) is 11.5 Å². The van der Waals surface area contributed by atoms with Crippen LogP contribution in [0.15, 0.2) is 54.6 Å². The van der Waals surface area contributed by atoms with Gasteiger partial charge < -0.3 is 14.8 Å². The van der Waals surface area contributed by atoms with E-state index in [2.05, 4.69) is 4.98 Å². The zero-order valence-corrected chi connectivity index (χ0v) is 14.1. The molecular weight excluding hydrogens is 333 g/mol. The van der Waals surface area contributed by atoms with Crippen molar-refractivity contribution in [3.63, 3.8) is 0 Å². The van der Waals surface area contributed by atoms with Gasteiger partial charge in [0.25, 0.3) is 11.8 Å². The monoisotopic (exact) mass is 351 g/mol. The quantitative estimate of drug-likeness (QED) is 0.772. The van der Waals surface area contributed by atoms with Crippen LogP contribution in [0.4, 0.5) is 4.39 Å². The second-order valence-corrected chi connectivity index (χ2v) is 6.37. The maximum absolute atomic E-state index is 13.3. The lowest BCUT2D eigenvalue weighted by molar-refractivity contribution is 0.0533. The van der Waals surface area contributed by atoms with Crippen molar-refractivity contribution in [1.82, 2.24) is 14.8 Å². The molecule has 1 aromatic heterocycles. The molecule has 2 heterocycles. The number of nitrogens with zero attached hydrogens (tertiary/aromatic N) is 2. The number of fused-ring (bicyclic) bond motifs is 1. The van der Waals surface area contributed by atoms with Gasteiger partial charge in [0.15, 0.2) is 0 Å². The van der Waals surface area contributed by atoms with Gasteiger partial charge in [0.2, 0.25) is 0 Å². The molecule has 1 saturated heterocycles. The molecule has 1 N–H and O–H groups in total. The third kappa shape index (κ3) is 3.06. The van der Waals surface area contributed by atoms with Crippen LogP contribution in [-0.2, 0) is 0 Å². The Morgan fingerprint density at radius 3 is 2.19 bits per heavy atom. The van der Waals surface area contributed by atoms with Crippen LogP contribution in [0.3, 0.4) is 0 Å². The largest absolute Gasteiger partial charge is 0.351 e. The third-order valence-corrected chi connectivity index (χ3v) is 4.69. The lowest BCUT2D eigenvalue weighted by atomic mass is 10.2. The Kier molecular flexibility index (Phi) is 4.16. The number of amides is 2. The molecule has 0 atom stereocenters. The first-order chi connectivity index (χ1) is 12.6. The van der Waals surface area contributed by atoms with Crippen molar-refractivity contribution in [2.24, 2.45) is 0 Å². The molecule has 0 unspecified atom stereocenters. The number of carbonyl (C=O) groups is 2. The van der Waals surface area contributed by atoms with Gasteiger partial charge in [0, 0.05) is 42.6 Å². The minimum Gasteiger partial charge on any atom is -0.351 e. The zero-order valence-electron chi connectivity index (χ0n) is 14.1. The van der Waals surface area contributed by atoms with Gasteiger partial charge >= 0.3 is 0 Å². The fourth-order valence-electron chi connectivity index (χ4n) is 3.26. The van der Waals surface area contributed by atoms with E-state index in [0.717, 1.165) is 5.52 Å². The zero-order chi connectivity index (χ0) is 18.1. The number of piperazine rings is 1. The van der Waals surface area contributed by atoms with Crippen LogP contribution in [-0.4, -0.2) is 52.8 Å². The number of aromatic amines is 1. The molecule has 3 aromatic rings. The predicted molar refractivity (Wildman–Crippen MR) is 96.5 cm³/mol. The average molecular weight is 351 g/mol. The summed E-state index contributed by atoms with van der Waals surface area (Å²) in [5.74, 6) is -0.476. The summed E-state index contributed by atoms with van der Waals surface area (Å²) in [6, 6.07) is 15.2. The van der Waals surface area contributed by atoms with E-state index in [4.69, 9.17) is 0 Å². The van der Waals surface area contributed by atoms with Crippen LogP contribution in [0.1, 0.15) is 20.8 Å². The maximum Gasteiger partial charge on any atom is 0.270 e. The number of hydrogen-bond donors (Lipinski definition) is 1. The molecule has 6 heteroatoms. The Bertz CT molecular complexity index is 960. The van der Waals surface area contributed by atoms with Crippen LogP contribution >= 0.6 is 0 Å². The van der Waals surface area contributed by atoms with Gasteiger partial charge in [-0.15, -0.1) is 0 Å². The Morgan fingerprint density at radius 2 is 1.50 bits per heavy atom. The van der Waals surface area contributed by atoms with E-state index in [-0.39, 0.29) is 17.6 Å². The van der Waals surface area contributed by atoms with Crippen LogP contribution in [0.2, 0.25) is 0 Å². The highest BCUT2D eigenvalue weighted by Crippen LogP contribution is 2.19. The summed E-state index contributed by atoms with van der Waals surface area (Å²) in [7, 11) is 0. The van der Waals surface area contributed by atoms with Crippen molar-refractivity contribution >= 4 is 22.7 Å². The maximum atomic E-state index is 13.3. The standard InChI is InChI=1S/C20H18FN3O2/c21-16-6-7-17-15(12-16)13-18(22-17)20(26)24-10-8-23(9-11-24)19(25)14-4-2-1-3-5-14/h1-7,12-13,22H,8-11H2. The van der Waals surface area contributed by atoms with Gasteiger partial charge in [-0.3, -0.25) is 9.59 Å². The minimum atomic E-state index is -0.330. The topological polar surface area (TPSA) is 56.4 Å². The second kappa shape index (κ2) is 6.63. The van der Waals surface area contributed by atoms with E-state index in [1.165, 1.54) is 12.1 Å². The van der Waals surface area contributed by atoms with Crippen LogP contribution in [0.25, 0.3) is 10.9 Å². The number of aromatic nitrogens is 1. The van der Waals surface area contributed by atoms with E-state index in [0.29, 0.717) is 42.8 Å². The number of rotatable bonds is 2. The molecule has 0 bridgehead atoms. The molecule has 5 nitrogen and oxygen atoms in total. The minimum absolute atomic E-state index is 0.0150. The van der Waals surface area contributed by atoms with E-state index in [1.54, 1.807) is 34.1 Å². The molecule has 0 saturated carbocycles. The molecule has 2 amide bonds. The van der Waals surface area contributed by atoms with E-state index in [1.807, 2.05) is 18.2 Å². The van der Waals surface area contributed by atoms with Crippen LogP contribution in [0.5, 0.6) is 0 Å². The number of carbonyl (C=O) groups excluding carboxylic acids is 2. The fraction of sp³-hybridized carbons (Fsp3) is 0.200. The van der Waals surface area contributed by atoms with E-state index < -0.39 is 0 Å². The SMILES string of the molecule is O=C(c1ccccc1)N1CCN(C(=O)c2cc3cc(F)ccc3[nH]2)CC1. The number of nitrogens with one attached hydrogen (secondary N) is 1. The highest BCUT2D eigenvalue weighted by Gasteiger charge is 2.26. The first-order valence-electron chi connectivity index (χ1n) is 8.54. The second-order valence-electron chi connectivity index (χ2n) is 6.37. The molecule has 2 aromatic carbocycles. The lowest BCUT2D eigenvalue weighted by Gasteiger charge is -2.34. The molecule has 26 heavy (non-hydrogen) atoms. The highest BCUT2D eigenvalue weighted by molar-refractivity contribution is 5.98. The summed E-state index contributed by atoms with van der Waals surface area (Å²) in [6.45, 7) is 1.94. The average Bonchev–Trinajstić information content (AvgIpc) is 3.11. The summed E-state index contributed by atoms with van der Waals surface area (Å²) in [4.78, 5) is 31.7. The van der Waals surface area contributed by atoms with Gasteiger partial charge in [-0.1, -0.05) is 18.2 Å². The lowest BCUT2D eigenvalue weighted by Crippen LogP contribution is -2.50. The summed E-state index contributed by atoms with van der Waals surface area (Å²) in [5, 5.41) is 0.672. The fourth-order valence-corrected chi connectivity index (χ4v) is 3.26. The smallest absolute Gasteiger partial charge is 0.270 e. The molecule has 0 aliphatic carbocycles. The van der Waals surface area contributed by atoms with Crippen molar-refractivity contribution in [3.05, 3.63) is 71.7 Å². The van der Waals surface area contributed by atoms with Crippen LogP contribution in [0, 0.1) is 5.82 Å². The van der Waals surface area contributed by atoms with Gasteiger partial charge in [-0.25, -0.2) is 4.39 Å². The summed E-state index contributed by atoms with van der Waals surface area (Å²) >= 11 is 0. The van der Waals surface area contributed by atoms with Crippen molar-refractivity contribution in [2.45, 2.75) is 0 Å². The molecule has 1 aliphatic heterocycles. The van der Waals surface area contributed by atoms with Crippen molar-refractivity contribution in [3.8, 4) is 0 Å². The first-order valence-corrected chi connectivity index (χ1v) is 8.54. The van der Waals surface area contributed by atoms with E-state index in [9.17, 15) is 14.0 Å². The summed E-state index contributed by atoms with van der Waals surface area (Å²) in [6.07, 6.45) is 0. The van der Waals surface area contributed by atoms with Crippen LogP contribution < -0.4 is 0 Å². The van der Waals surface area contributed by atoms with Gasteiger partial charge in [-0.2, -0.15) is 0 Å². The first kappa shape index (κ1) is 16.3. The molecular formula is C20H18FN3O2. The Labute approximate surface area is 150 Å². The normalized spacial score (nSPS) is 14.7. The molecule has 4 rings (SSSR count). The number of halogens is 1. The van der Waals surface area contributed by atoms with Crippen molar-refractivity contribution in [2.75, 3.05) is 26.2 Å². The Balaban J connectivity index is 1.43. The highest BCUT2D eigenvalue weighted by atomic mass is 19.1. The Hall–Kier alpha value is -3.15. The number of benzene rings is 2. The summed E-state index contributed by atoms with van der Waals surface area (Å²) in [5.41, 5.74) is 1.82. The van der Waals surface area contributed by atoms with E-state index >= 15 is 0 Å². The Morgan fingerprint density at radius 1 is 0.846 bits per heavy atom. The molecule has 132 valence electrons. The molecule has 0 spiro atoms. The molecule has 1 fully saturated rings. The number of hydrogen-bond acceptors (Lipinski definition) is 2. The van der Waals surface area contributed by atoms with Crippen molar-refractivity contribution < 1.29 is 14.0 Å².